The zero-order valence-corrected chi connectivity index (χ0v) is 15.8. The Hall–Kier alpha value is -2.05. The molecule has 25 heavy (non-hydrogen) atoms. The summed E-state index contributed by atoms with van der Waals surface area (Å²) in [6.07, 6.45) is 0. The van der Waals surface area contributed by atoms with Crippen LogP contribution in [0, 0.1) is 13.8 Å². The van der Waals surface area contributed by atoms with Gasteiger partial charge >= 0.3 is 0 Å². The number of carbonyl (C=O) groups excluding carboxylic acids is 1. The lowest BCUT2D eigenvalue weighted by Gasteiger charge is -2.15. The van der Waals surface area contributed by atoms with Crippen molar-refractivity contribution < 1.29 is 4.79 Å². The number of nitrogens with one attached hydrogen (secondary N) is 1. The van der Waals surface area contributed by atoms with Crippen LogP contribution >= 0.6 is 23.1 Å². The minimum absolute atomic E-state index is 0.0686. The highest BCUT2D eigenvalue weighted by molar-refractivity contribution is 8.00. The summed E-state index contributed by atoms with van der Waals surface area (Å²) in [6, 6.07) is 12.4. The third-order valence-corrected chi connectivity index (χ3v) is 6.83. The van der Waals surface area contributed by atoms with E-state index in [-0.39, 0.29) is 11.2 Å². The molecule has 0 fully saturated rings. The SMILES string of the molecule is Cc1nn(Cc2ccccc2)c(C)c1[C@@H]1SCC(=O)Nc2ccsc21. The molecule has 6 heteroatoms. The van der Waals surface area contributed by atoms with Gasteiger partial charge in [-0.25, -0.2) is 0 Å². The van der Waals surface area contributed by atoms with E-state index in [1.807, 2.05) is 17.5 Å². The molecule has 2 aromatic heterocycles. The van der Waals surface area contributed by atoms with E-state index < -0.39 is 0 Å². The van der Waals surface area contributed by atoms with E-state index in [2.05, 4.69) is 48.1 Å². The van der Waals surface area contributed by atoms with E-state index in [0.29, 0.717) is 5.75 Å². The maximum Gasteiger partial charge on any atom is 0.234 e. The summed E-state index contributed by atoms with van der Waals surface area (Å²) in [6.45, 7) is 4.96. The molecular weight excluding hydrogens is 350 g/mol. The predicted molar refractivity (Wildman–Crippen MR) is 104 cm³/mol. The lowest BCUT2D eigenvalue weighted by molar-refractivity contribution is -0.113. The standard InChI is InChI=1S/C19H19N3OS2/c1-12-17(13(2)22(21-12)10-14-6-4-3-5-7-14)19-18-15(8-9-24-18)20-16(23)11-25-19/h3-9,19H,10-11H2,1-2H3,(H,20,23)/t19-/m0/s1. The molecule has 1 aliphatic heterocycles. The largest absolute Gasteiger partial charge is 0.324 e. The normalized spacial score (nSPS) is 17.0. The van der Waals surface area contributed by atoms with Gasteiger partial charge in [0.25, 0.3) is 0 Å². The lowest BCUT2D eigenvalue weighted by Crippen LogP contribution is -2.11. The number of benzene rings is 1. The van der Waals surface area contributed by atoms with Crippen LogP contribution in [0.1, 0.15) is 32.6 Å². The number of nitrogens with zero attached hydrogens (tertiary/aromatic N) is 2. The Morgan fingerprint density at radius 1 is 1.24 bits per heavy atom. The van der Waals surface area contributed by atoms with Crippen molar-refractivity contribution >= 4 is 34.7 Å². The number of aryl methyl sites for hydroxylation is 1. The molecule has 4 rings (SSSR count). The fourth-order valence-electron chi connectivity index (χ4n) is 3.26. The summed E-state index contributed by atoms with van der Waals surface area (Å²) in [7, 11) is 0. The Morgan fingerprint density at radius 3 is 2.84 bits per heavy atom. The molecule has 0 bridgehead atoms. The van der Waals surface area contributed by atoms with Gasteiger partial charge in [0.2, 0.25) is 5.91 Å². The fraction of sp³-hybridized carbons (Fsp3) is 0.263. The quantitative estimate of drug-likeness (QED) is 0.745. The predicted octanol–water partition coefficient (Wildman–Crippen LogP) is 4.38. The zero-order chi connectivity index (χ0) is 17.4. The second kappa shape index (κ2) is 6.69. The number of rotatable bonds is 3. The van der Waals surface area contributed by atoms with Crippen LogP contribution in [0.3, 0.4) is 0 Å². The Bertz CT molecular complexity index is 914. The van der Waals surface area contributed by atoms with Crippen LogP contribution in [-0.4, -0.2) is 21.4 Å². The molecule has 1 aliphatic rings. The number of carbonyl (C=O) groups is 1. The first-order valence-corrected chi connectivity index (χ1v) is 10.1. The van der Waals surface area contributed by atoms with E-state index in [0.717, 1.165) is 17.9 Å². The number of aromatic nitrogens is 2. The molecule has 4 nitrogen and oxygen atoms in total. The smallest absolute Gasteiger partial charge is 0.234 e. The Kier molecular flexibility index (Phi) is 4.39. The molecule has 1 amide bonds. The molecule has 0 aliphatic carbocycles. The minimum Gasteiger partial charge on any atom is -0.324 e. The Labute approximate surface area is 155 Å². The van der Waals surface area contributed by atoms with Gasteiger partial charge in [0, 0.05) is 16.1 Å². The van der Waals surface area contributed by atoms with Crippen molar-refractivity contribution in [2.75, 3.05) is 11.1 Å². The zero-order valence-electron chi connectivity index (χ0n) is 14.2. The summed E-state index contributed by atoms with van der Waals surface area (Å²) in [5, 5.41) is 10.00. The van der Waals surface area contributed by atoms with Gasteiger partial charge in [0.1, 0.15) is 0 Å². The molecule has 0 spiro atoms. The monoisotopic (exact) mass is 369 g/mol. The number of hydrogen-bond acceptors (Lipinski definition) is 4. The van der Waals surface area contributed by atoms with Crippen molar-refractivity contribution in [3.63, 3.8) is 0 Å². The van der Waals surface area contributed by atoms with Crippen molar-refractivity contribution in [3.05, 3.63) is 69.2 Å². The fourth-order valence-corrected chi connectivity index (χ4v) is 5.65. The van der Waals surface area contributed by atoms with Crippen LogP contribution in [0.25, 0.3) is 0 Å². The van der Waals surface area contributed by atoms with Crippen LogP contribution in [-0.2, 0) is 11.3 Å². The third-order valence-electron chi connectivity index (χ3n) is 4.46. The van der Waals surface area contributed by atoms with Gasteiger partial charge in [-0.05, 0) is 30.9 Å². The van der Waals surface area contributed by atoms with Crippen LogP contribution in [0.15, 0.2) is 41.8 Å². The van der Waals surface area contributed by atoms with Gasteiger partial charge in [-0.3, -0.25) is 9.48 Å². The Morgan fingerprint density at radius 2 is 2.04 bits per heavy atom. The first-order chi connectivity index (χ1) is 12.1. The number of fused-ring (bicyclic) bond motifs is 1. The van der Waals surface area contributed by atoms with Crippen LogP contribution in [0.4, 0.5) is 5.69 Å². The second-order valence-electron chi connectivity index (χ2n) is 6.17. The molecule has 128 valence electrons. The molecule has 0 saturated heterocycles. The summed E-state index contributed by atoms with van der Waals surface area (Å²) >= 11 is 3.39. The number of amides is 1. The van der Waals surface area contributed by atoms with E-state index in [9.17, 15) is 4.79 Å². The average molecular weight is 370 g/mol. The van der Waals surface area contributed by atoms with Gasteiger partial charge in [0.15, 0.2) is 0 Å². The highest BCUT2D eigenvalue weighted by atomic mass is 32.2. The van der Waals surface area contributed by atoms with E-state index in [1.54, 1.807) is 23.1 Å². The summed E-state index contributed by atoms with van der Waals surface area (Å²) in [5.74, 6) is 0.536. The highest BCUT2D eigenvalue weighted by Crippen LogP contribution is 2.46. The summed E-state index contributed by atoms with van der Waals surface area (Å²) < 4.78 is 2.08. The van der Waals surface area contributed by atoms with Crippen LogP contribution in [0.5, 0.6) is 0 Å². The Balaban J connectivity index is 1.73. The number of thioether (sulfide) groups is 1. The number of anilines is 1. The molecule has 1 atom stereocenters. The maximum absolute atomic E-state index is 12.0. The summed E-state index contributed by atoms with van der Waals surface area (Å²) in [5.41, 5.74) is 5.63. The van der Waals surface area contributed by atoms with Crippen LogP contribution in [0.2, 0.25) is 0 Å². The topological polar surface area (TPSA) is 46.9 Å². The van der Waals surface area contributed by atoms with Gasteiger partial charge in [0.05, 0.1) is 28.9 Å². The van der Waals surface area contributed by atoms with E-state index in [1.165, 1.54) is 21.7 Å². The number of thiophene rings is 1. The van der Waals surface area contributed by atoms with Gasteiger partial charge in [-0.1, -0.05) is 30.3 Å². The molecule has 0 unspecified atom stereocenters. The van der Waals surface area contributed by atoms with Crippen molar-refractivity contribution in [2.24, 2.45) is 0 Å². The van der Waals surface area contributed by atoms with E-state index >= 15 is 0 Å². The van der Waals surface area contributed by atoms with Crippen molar-refractivity contribution in [1.82, 2.24) is 9.78 Å². The molecule has 0 radical (unpaired) electrons. The van der Waals surface area contributed by atoms with Crippen molar-refractivity contribution in [1.29, 1.82) is 0 Å². The highest BCUT2D eigenvalue weighted by Gasteiger charge is 2.29. The van der Waals surface area contributed by atoms with Gasteiger partial charge in [-0.2, -0.15) is 5.10 Å². The summed E-state index contributed by atoms with van der Waals surface area (Å²) in [4.78, 5) is 13.2. The van der Waals surface area contributed by atoms with Crippen LogP contribution < -0.4 is 5.32 Å². The molecule has 3 aromatic rings. The van der Waals surface area contributed by atoms with Gasteiger partial charge < -0.3 is 5.32 Å². The average Bonchev–Trinajstić information content (AvgIpc) is 3.11. The lowest BCUT2D eigenvalue weighted by atomic mass is 10.1. The molecule has 1 aromatic carbocycles. The first-order valence-electron chi connectivity index (χ1n) is 8.20. The molecule has 0 saturated carbocycles. The number of hydrogen-bond donors (Lipinski definition) is 1. The minimum atomic E-state index is 0.0686. The van der Waals surface area contributed by atoms with E-state index in [4.69, 9.17) is 5.10 Å². The van der Waals surface area contributed by atoms with Crippen molar-refractivity contribution in [2.45, 2.75) is 25.6 Å². The second-order valence-corrected chi connectivity index (χ2v) is 8.21. The molecule has 3 heterocycles. The third kappa shape index (κ3) is 3.12. The first kappa shape index (κ1) is 16.4. The maximum atomic E-state index is 12.0. The van der Waals surface area contributed by atoms with Gasteiger partial charge in [-0.15, -0.1) is 23.1 Å². The van der Waals surface area contributed by atoms with Crippen molar-refractivity contribution in [3.8, 4) is 0 Å². The molecule has 1 N–H and O–H groups in total. The molecular formula is C19H19N3OS2.